The molecule has 24 heavy (non-hydrogen) atoms. The highest BCUT2D eigenvalue weighted by atomic mass is 79.9. The van der Waals surface area contributed by atoms with E-state index in [1.807, 2.05) is 12.3 Å². The Labute approximate surface area is 154 Å². The van der Waals surface area contributed by atoms with Crippen molar-refractivity contribution in [2.45, 2.75) is 33.1 Å². The van der Waals surface area contributed by atoms with Gasteiger partial charge in [-0.15, -0.1) is 11.3 Å². The van der Waals surface area contributed by atoms with Gasteiger partial charge in [0.1, 0.15) is 0 Å². The van der Waals surface area contributed by atoms with Gasteiger partial charge in [-0.3, -0.25) is 10.1 Å². The van der Waals surface area contributed by atoms with Crippen LogP contribution in [0.5, 0.6) is 11.5 Å². The molecule has 1 heterocycles. The van der Waals surface area contributed by atoms with Crippen LogP contribution < -0.4 is 14.8 Å². The van der Waals surface area contributed by atoms with E-state index in [0.717, 1.165) is 12.1 Å². The molecule has 0 saturated heterocycles. The van der Waals surface area contributed by atoms with E-state index in [9.17, 15) is 4.79 Å². The Morgan fingerprint density at radius 2 is 2.17 bits per heavy atom. The van der Waals surface area contributed by atoms with Crippen molar-refractivity contribution in [3.05, 3.63) is 33.2 Å². The number of nitrogens with one attached hydrogen (secondary N) is 1. The molecule has 2 aromatic rings. The first-order valence-electron chi connectivity index (χ1n) is 7.73. The van der Waals surface area contributed by atoms with Gasteiger partial charge in [0.15, 0.2) is 16.6 Å². The van der Waals surface area contributed by atoms with Gasteiger partial charge in [0.2, 0.25) is 0 Å². The zero-order valence-corrected chi connectivity index (χ0v) is 16.6. The lowest BCUT2D eigenvalue weighted by atomic mass is 10.2. The lowest BCUT2D eigenvalue weighted by Gasteiger charge is -2.13. The van der Waals surface area contributed by atoms with Gasteiger partial charge in [-0.1, -0.05) is 20.8 Å². The lowest BCUT2D eigenvalue weighted by Crippen LogP contribution is -2.12. The number of hydrogen-bond acceptors (Lipinski definition) is 5. The minimum atomic E-state index is -0.235. The summed E-state index contributed by atoms with van der Waals surface area (Å²) in [6.07, 6.45) is 0.889. The standard InChI is InChI=1S/C17H21BrN2O3S/c1-5-6-23-15-12(18)7-11(8-14(15)22-4)16(21)20-17-19-13(9-24-17)10(2)3/h7-10H,5-6H2,1-4H3,(H,19,20,21). The fourth-order valence-corrected chi connectivity index (χ4v) is 3.40. The van der Waals surface area contributed by atoms with Gasteiger partial charge in [-0.05, 0) is 40.4 Å². The molecule has 0 aliphatic rings. The Hall–Kier alpha value is -1.60. The van der Waals surface area contributed by atoms with Crippen LogP contribution in [0.4, 0.5) is 5.13 Å². The van der Waals surface area contributed by atoms with Crippen LogP contribution in [-0.2, 0) is 0 Å². The molecular formula is C17H21BrN2O3S. The number of rotatable bonds is 7. The van der Waals surface area contributed by atoms with Gasteiger partial charge in [0.05, 0.1) is 23.9 Å². The molecule has 0 spiro atoms. The molecule has 0 atom stereocenters. The number of benzene rings is 1. The van der Waals surface area contributed by atoms with E-state index >= 15 is 0 Å². The molecule has 0 aliphatic heterocycles. The number of hydrogen-bond donors (Lipinski definition) is 1. The molecule has 1 N–H and O–H groups in total. The Morgan fingerprint density at radius 3 is 2.75 bits per heavy atom. The first-order valence-corrected chi connectivity index (χ1v) is 9.40. The van der Waals surface area contributed by atoms with Crippen LogP contribution in [0.15, 0.2) is 22.0 Å². The van der Waals surface area contributed by atoms with Crippen molar-refractivity contribution in [1.29, 1.82) is 0 Å². The van der Waals surface area contributed by atoms with Crippen molar-refractivity contribution >= 4 is 38.3 Å². The fourth-order valence-electron chi connectivity index (χ4n) is 1.97. The first-order chi connectivity index (χ1) is 11.5. The molecular weight excluding hydrogens is 392 g/mol. The maximum Gasteiger partial charge on any atom is 0.257 e. The Morgan fingerprint density at radius 1 is 1.42 bits per heavy atom. The van der Waals surface area contributed by atoms with Crippen molar-refractivity contribution in [2.75, 3.05) is 19.0 Å². The van der Waals surface area contributed by atoms with Gasteiger partial charge in [-0.2, -0.15) is 0 Å². The van der Waals surface area contributed by atoms with Crippen molar-refractivity contribution < 1.29 is 14.3 Å². The Kier molecular flexibility index (Phi) is 6.62. The van der Waals surface area contributed by atoms with E-state index in [4.69, 9.17) is 9.47 Å². The quantitative estimate of drug-likeness (QED) is 0.688. The second-order valence-electron chi connectivity index (χ2n) is 5.52. The molecule has 0 saturated carbocycles. The second-order valence-corrected chi connectivity index (χ2v) is 7.24. The zero-order chi connectivity index (χ0) is 17.7. The summed E-state index contributed by atoms with van der Waals surface area (Å²) < 4.78 is 11.7. The number of ether oxygens (including phenoxy) is 2. The molecule has 1 aromatic heterocycles. The SMILES string of the molecule is CCCOc1c(Br)cc(C(=O)Nc2nc(C(C)C)cs2)cc1OC. The number of methoxy groups -OCH3 is 1. The number of halogens is 1. The van der Waals surface area contributed by atoms with Crippen LogP contribution in [0.3, 0.4) is 0 Å². The third kappa shape index (κ3) is 4.48. The third-order valence-corrected chi connectivity index (χ3v) is 4.64. The topological polar surface area (TPSA) is 60.5 Å². The largest absolute Gasteiger partial charge is 0.493 e. The summed E-state index contributed by atoms with van der Waals surface area (Å²) in [5.41, 5.74) is 1.45. The van der Waals surface area contributed by atoms with Gasteiger partial charge < -0.3 is 9.47 Å². The van der Waals surface area contributed by atoms with E-state index in [1.54, 1.807) is 19.2 Å². The highest BCUT2D eigenvalue weighted by Gasteiger charge is 2.17. The van der Waals surface area contributed by atoms with E-state index in [-0.39, 0.29) is 5.91 Å². The number of anilines is 1. The number of carbonyl (C=O) groups excluding carboxylic acids is 1. The molecule has 5 nitrogen and oxygen atoms in total. The maximum atomic E-state index is 12.5. The molecule has 0 unspecified atom stereocenters. The molecule has 0 aliphatic carbocycles. The monoisotopic (exact) mass is 412 g/mol. The Balaban J connectivity index is 2.20. The summed E-state index contributed by atoms with van der Waals surface area (Å²) in [6.45, 7) is 6.74. The number of thiazole rings is 1. The molecule has 0 fully saturated rings. The minimum absolute atomic E-state index is 0.235. The maximum absolute atomic E-state index is 12.5. The van der Waals surface area contributed by atoms with Crippen LogP contribution in [0.25, 0.3) is 0 Å². The smallest absolute Gasteiger partial charge is 0.257 e. The van der Waals surface area contributed by atoms with Crippen molar-refractivity contribution in [3.8, 4) is 11.5 Å². The molecule has 2 rings (SSSR count). The van der Waals surface area contributed by atoms with Crippen LogP contribution in [0, 0.1) is 0 Å². The predicted molar refractivity (Wildman–Crippen MR) is 101 cm³/mol. The summed E-state index contributed by atoms with van der Waals surface area (Å²) >= 11 is 4.87. The van der Waals surface area contributed by atoms with Crippen LogP contribution in [0.2, 0.25) is 0 Å². The average molecular weight is 413 g/mol. The summed E-state index contributed by atoms with van der Waals surface area (Å²) in [7, 11) is 1.55. The number of amides is 1. The normalized spacial score (nSPS) is 10.8. The summed E-state index contributed by atoms with van der Waals surface area (Å²) in [4.78, 5) is 16.9. The predicted octanol–water partition coefficient (Wildman–Crippen LogP) is 5.08. The van der Waals surface area contributed by atoms with Crippen molar-refractivity contribution in [3.63, 3.8) is 0 Å². The first kappa shape index (κ1) is 18.7. The number of aromatic nitrogens is 1. The summed E-state index contributed by atoms with van der Waals surface area (Å²) in [5.74, 6) is 1.22. The van der Waals surface area contributed by atoms with Gasteiger partial charge in [-0.25, -0.2) is 4.98 Å². The number of nitrogens with zero attached hydrogens (tertiary/aromatic N) is 1. The highest BCUT2D eigenvalue weighted by molar-refractivity contribution is 9.10. The molecule has 1 aromatic carbocycles. The molecule has 1 amide bonds. The highest BCUT2D eigenvalue weighted by Crippen LogP contribution is 2.37. The second kappa shape index (κ2) is 8.48. The van der Waals surface area contributed by atoms with Crippen LogP contribution in [-0.4, -0.2) is 24.6 Å². The number of carbonyl (C=O) groups is 1. The fraction of sp³-hybridized carbons (Fsp3) is 0.412. The van der Waals surface area contributed by atoms with Crippen molar-refractivity contribution in [2.24, 2.45) is 0 Å². The average Bonchev–Trinajstić information content (AvgIpc) is 3.01. The van der Waals surface area contributed by atoms with Crippen LogP contribution in [0.1, 0.15) is 49.2 Å². The van der Waals surface area contributed by atoms with Gasteiger partial charge in [0.25, 0.3) is 5.91 Å². The lowest BCUT2D eigenvalue weighted by molar-refractivity contribution is 0.102. The van der Waals surface area contributed by atoms with E-state index in [2.05, 4.69) is 40.1 Å². The molecule has 0 bridgehead atoms. The van der Waals surface area contributed by atoms with Crippen LogP contribution >= 0.6 is 27.3 Å². The van der Waals surface area contributed by atoms with Gasteiger partial charge >= 0.3 is 0 Å². The third-order valence-electron chi connectivity index (χ3n) is 3.28. The van der Waals surface area contributed by atoms with Gasteiger partial charge in [0, 0.05) is 10.9 Å². The molecule has 130 valence electrons. The summed E-state index contributed by atoms with van der Waals surface area (Å²) in [6, 6.07) is 3.39. The zero-order valence-electron chi connectivity index (χ0n) is 14.2. The minimum Gasteiger partial charge on any atom is -0.493 e. The van der Waals surface area contributed by atoms with E-state index < -0.39 is 0 Å². The Bertz CT molecular complexity index is 716. The molecule has 0 radical (unpaired) electrons. The van der Waals surface area contributed by atoms with E-state index in [1.165, 1.54) is 11.3 Å². The molecule has 7 heteroatoms. The summed E-state index contributed by atoms with van der Waals surface area (Å²) in [5, 5.41) is 5.37. The van der Waals surface area contributed by atoms with Crippen molar-refractivity contribution in [1.82, 2.24) is 4.98 Å². The van der Waals surface area contributed by atoms with E-state index in [0.29, 0.717) is 39.2 Å².